The number of carbonyl (C=O) groups excluding carboxylic acids is 1. The molecule has 0 aliphatic rings. The van der Waals surface area contributed by atoms with E-state index < -0.39 is 22.0 Å². The zero-order valence-corrected chi connectivity index (χ0v) is 11.8. The lowest BCUT2D eigenvalue weighted by atomic mass is 10.2. The highest BCUT2D eigenvalue weighted by molar-refractivity contribution is 7.92. The van der Waals surface area contributed by atoms with Crippen molar-refractivity contribution in [3.8, 4) is 0 Å². The number of hydrogen-bond donors (Lipinski definition) is 2. The Hall–Kier alpha value is -1.67. The first-order valence-corrected chi connectivity index (χ1v) is 7.25. The van der Waals surface area contributed by atoms with Crippen LogP contribution in [-0.4, -0.2) is 45.3 Å². The van der Waals surface area contributed by atoms with E-state index in [-0.39, 0.29) is 17.1 Å². The number of carbonyl (C=O) groups is 1. The first-order chi connectivity index (χ1) is 8.89. The highest BCUT2D eigenvalue weighted by Crippen LogP contribution is 2.13. The summed E-state index contributed by atoms with van der Waals surface area (Å²) in [5, 5.41) is 2.42. The quantitative estimate of drug-likeness (QED) is 0.780. The number of amides is 1. The number of hydrogen-bond acceptors (Lipinski definition) is 5. The first kappa shape index (κ1) is 15.4. The molecular weight excluding hydrogens is 270 g/mol. The Morgan fingerprint density at radius 3 is 2.79 bits per heavy atom. The van der Waals surface area contributed by atoms with Crippen LogP contribution in [-0.2, 0) is 14.8 Å². The molecular formula is C11H17N3O4S. The minimum atomic E-state index is -3.63. The Kier molecular flexibility index (Phi) is 5.25. The molecule has 0 fully saturated rings. The molecule has 0 aliphatic heterocycles. The van der Waals surface area contributed by atoms with Crippen LogP contribution >= 0.6 is 0 Å². The van der Waals surface area contributed by atoms with Gasteiger partial charge in [0.25, 0.3) is 5.91 Å². The Balaban J connectivity index is 2.96. The third-order valence-electron chi connectivity index (χ3n) is 2.39. The third kappa shape index (κ3) is 4.49. The molecule has 19 heavy (non-hydrogen) atoms. The fourth-order valence-corrected chi connectivity index (χ4v) is 2.67. The minimum Gasteiger partial charge on any atom is -0.381 e. The van der Waals surface area contributed by atoms with E-state index in [2.05, 4.69) is 15.0 Å². The van der Waals surface area contributed by atoms with Gasteiger partial charge in [-0.2, -0.15) is 0 Å². The van der Waals surface area contributed by atoms with Crippen molar-refractivity contribution in [2.45, 2.75) is 13.0 Å². The van der Waals surface area contributed by atoms with Gasteiger partial charge in [0.2, 0.25) is 10.0 Å². The molecule has 1 amide bonds. The summed E-state index contributed by atoms with van der Waals surface area (Å²) in [5.74, 6) is -0.622. The zero-order chi connectivity index (χ0) is 14.5. The number of nitrogens with one attached hydrogen (secondary N) is 2. The number of ether oxygens (including phenoxy) is 1. The van der Waals surface area contributed by atoms with Crippen LogP contribution in [0, 0.1) is 0 Å². The average molecular weight is 287 g/mol. The van der Waals surface area contributed by atoms with Crippen molar-refractivity contribution in [2.75, 3.05) is 24.6 Å². The monoisotopic (exact) mass is 287 g/mol. The minimum absolute atomic E-state index is 0.00477. The van der Waals surface area contributed by atoms with E-state index in [0.29, 0.717) is 0 Å². The summed E-state index contributed by atoms with van der Waals surface area (Å²) < 4.78 is 30.9. The predicted molar refractivity (Wildman–Crippen MR) is 71.5 cm³/mol. The highest BCUT2D eigenvalue weighted by Gasteiger charge is 2.19. The number of anilines is 1. The molecule has 0 aromatic carbocycles. The maximum atomic E-state index is 11.9. The molecule has 0 saturated carbocycles. The van der Waals surface area contributed by atoms with E-state index in [0.717, 1.165) is 0 Å². The number of sulfonamides is 1. The van der Waals surface area contributed by atoms with Crippen LogP contribution in [0.25, 0.3) is 0 Å². The Labute approximate surface area is 112 Å². The number of aromatic nitrogens is 1. The molecule has 1 unspecified atom stereocenters. The van der Waals surface area contributed by atoms with Crippen molar-refractivity contribution in [3.05, 3.63) is 23.9 Å². The van der Waals surface area contributed by atoms with Crippen molar-refractivity contribution in [1.29, 1.82) is 0 Å². The summed E-state index contributed by atoms with van der Waals surface area (Å²) in [6, 6.07) is 3.05. The number of pyridine rings is 1. The number of nitrogens with zero attached hydrogens (tertiary/aromatic N) is 1. The molecule has 0 saturated heterocycles. The summed E-state index contributed by atoms with van der Waals surface area (Å²) in [5.41, 5.74) is 0.165. The maximum absolute atomic E-state index is 11.9. The van der Waals surface area contributed by atoms with Gasteiger partial charge in [-0.15, -0.1) is 0 Å². The molecule has 106 valence electrons. The van der Waals surface area contributed by atoms with Crippen LogP contribution in [0.3, 0.4) is 0 Å². The van der Waals surface area contributed by atoms with Gasteiger partial charge < -0.3 is 10.1 Å². The van der Waals surface area contributed by atoms with E-state index in [1.165, 1.54) is 26.4 Å². The lowest BCUT2D eigenvalue weighted by Crippen LogP contribution is -2.27. The molecule has 1 aromatic heterocycles. The molecule has 0 bridgehead atoms. The summed E-state index contributed by atoms with van der Waals surface area (Å²) in [6.07, 6.45) is 0.953. The van der Waals surface area contributed by atoms with Crippen molar-refractivity contribution >= 4 is 21.7 Å². The van der Waals surface area contributed by atoms with Gasteiger partial charge in [0.15, 0.2) is 5.82 Å². The summed E-state index contributed by atoms with van der Waals surface area (Å²) in [7, 11) is -0.741. The SMILES string of the molecule is CNC(=O)c1cccnc1NS(=O)(=O)CC(C)OC. The molecule has 1 heterocycles. The molecule has 1 atom stereocenters. The van der Waals surface area contributed by atoms with Gasteiger partial charge in [-0.25, -0.2) is 13.4 Å². The molecule has 1 aromatic rings. The van der Waals surface area contributed by atoms with Crippen LogP contribution in [0.1, 0.15) is 17.3 Å². The number of methoxy groups -OCH3 is 1. The molecule has 0 radical (unpaired) electrons. The van der Waals surface area contributed by atoms with Gasteiger partial charge in [0.05, 0.1) is 17.4 Å². The largest absolute Gasteiger partial charge is 0.381 e. The molecule has 0 spiro atoms. The van der Waals surface area contributed by atoms with E-state index in [1.807, 2.05) is 0 Å². The Morgan fingerprint density at radius 1 is 1.53 bits per heavy atom. The van der Waals surface area contributed by atoms with Gasteiger partial charge in [0.1, 0.15) is 0 Å². The van der Waals surface area contributed by atoms with E-state index >= 15 is 0 Å². The molecule has 2 N–H and O–H groups in total. The van der Waals surface area contributed by atoms with Crippen LogP contribution in [0.15, 0.2) is 18.3 Å². The van der Waals surface area contributed by atoms with Gasteiger partial charge >= 0.3 is 0 Å². The maximum Gasteiger partial charge on any atom is 0.254 e. The highest BCUT2D eigenvalue weighted by atomic mass is 32.2. The molecule has 7 nitrogen and oxygen atoms in total. The molecule has 1 rings (SSSR count). The number of rotatable bonds is 6. The molecule has 0 aliphatic carbocycles. The summed E-state index contributed by atoms with van der Waals surface area (Å²) in [4.78, 5) is 15.5. The second-order valence-corrected chi connectivity index (χ2v) is 5.68. The third-order valence-corrected chi connectivity index (χ3v) is 3.80. The second kappa shape index (κ2) is 6.48. The first-order valence-electron chi connectivity index (χ1n) is 5.60. The lowest BCUT2D eigenvalue weighted by Gasteiger charge is -2.13. The average Bonchev–Trinajstić information content (AvgIpc) is 2.37. The van der Waals surface area contributed by atoms with Gasteiger partial charge in [-0.1, -0.05) is 0 Å². The van der Waals surface area contributed by atoms with Crippen molar-refractivity contribution < 1.29 is 17.9 Å². The summed E-state index contributed by atoms with van der Waals surface area (Å²) >= 11 is 0. The smallest absolute Gasteiger partial charge is 0.254 e. The van der Waals surface area contributed by atoms with E-state index in [1.54, 1.807) is 13.0 Å². The van der Waals surface area contributed by atoms with E-state index in [9.17, 15) is 13.2 Å². The fraction of sp³-hybridized carbons (Fsp3) is 0.455. The van der Waals surface area contributed by atoms with Crippen molar-refractivity contribution in [1.82, 2.24) is 10.3 Å². The topological polar surface area (TPSA) is 97.4 Å². The van der Waals surface area contributed by atoms with Crippen molar-refractivity contribution in [3.63, 3.8) is 0 Å². The summed E-state index contributed by atoms with van der Waals surface area (Å²) in [6.45, 7) is 1.64. The normalized spacial score (nSPS) is 12.8. The predicted octanol–water partition coefficient (Wildman–Crippen LogP) is 0.218. The van der Waals surface area contributed by atoms with Crippen LogP contribution < -0.4 is 10.0 Å². The van der Waals surface area contributed by atoms with Crippen molar-refractivity contribution in [2.24, 2.45) is 0 Å². The van der Waals surface area contributed by atoms with Crippen LogP contribution in [0.5, 0.6) is 0 Å². The fourth-order valence-electron chi connectivity index (χ4n) is 1.37. The second-order valence-electron chi connectivity index (χ2n) is 3.91. The van der Waals surface area contributed by atoms with E-state index in [4.69, 9.17) is 4.74 Å². The van der Waals surface area contributed by atoms with Gasteiger partial charge in [-0.3, -0.25) is 9.52 Å². The van der Waals surface area contributed by atoms with Crippen LogP contribution in [0.4, 0.5) is 5.82 Å². The Morgan fingerprint density at radius 2 is 2.21 bits per heavy atom. The Bertz CT molecular complexity index is 545. The lowest BCUT2D eigenvalue weighted by molar-refractivity contribution is 0.0963. The van der Waals surface area contributed by atoms with Gasteiger partial charge in [0, 0.05) is 20.4 Å². The standard InChI is InChI=1S/C11H17N3O4S/c1-8(18-3)7-19(16,17)14-10-9(11(15)12-2)5-4-6-13-10/h4-6,8H,7H2,1-3H3,(H,12,15)(H,13,14). The van der Waals surface area contributed by atoms with Crippen LogP contribution in [0.2, 0.25) is 0 Å². The zero-order valence-electron chi connectivity index (χ0n) is 11.0. The van der Waals surface area contributed by atoms with Gasteiger partial charge in [-0.05, 0) is 19.1 Å². The molecule has 8 heteroatoms.